The van der Waals surface area contributed by atoms with Crippen LogP contribution in [-0.4, -0.2) is 25.7 Å². The van der Waals surface area contributed by atoms with Crippen molar-refractivity contribution in [1.82, 2.24) is 9.97 Å². The largest absolute Gasteiger partial charge is 0.612 e. The molecule has 0 atom stereocenters. The summed E-state index contributed by atoms with van der Waals surface area (Å²) in [5, 5.41) is 35.6. The molecule has 0 unspecified atom stereocenters. The number of anilines is 2. The minimum absolute atomic E-state index is 0.0617. The number of phenols is 1. The molecule has 0 bridgehead atoms. The Morgan fingerprint density at radius 3 is 2.57 bits per heavy atom. The summed E-state index contributed by atoms with van der Waals surface area (Å²) in [7, 11) is 0. The van der Waals surface area contributed by atoms with Crippen LogP contribution in [0.15, 0.2) is 52.9 Å². The lowest BCUT2D eigenvalue weighted by Gasteiger charge is -2.24. The van der Waals surface area contributed by atoms with E-state index in [0.717, 1.165) is 5.56 Å². The van der Waals surface area contributed by atoms with Gasteiger partial charge in [-0.3, -0.25) is 4.98 Å². The van der Waals surface area contributed by atoms with Crippen LogP contribution < -0.4 is 16.7 Å². The average molecular weight is 425 g/mol. The summed E-state index contributed by atoms with van der Waals surface area (Å²) in [5.74, 6) is 0.150. The number of hydrogen-bond acceptors (Lipinski definition) is 7. The first kappa shape index (κ1) is 19.3. The molecule has 152 valence electrons. The molecule has 30 heavy (non-hydrogen) atoms. The lowest BCUT2D eigenvalue weighted by molar-refractivity contribution is -0.377. The highest BCUT2D eigenvalue weighted by atomic mass is 35.5. The summed E-state index contributed by atoms with van der Waals surface area (Å²) in [6, 6.07) is 3.36. The van der Waals surface area contributed by atoms with E-state index in [9.17, 15) is 20.3 Å². The molecule has 0 saturated carbocycles. The molecule has 0 spiro atoms. The van der Waals surface area contributed by atoms with Crippen LogP contribution in [0, 0.1) is 17.3 Å². The van der Waals surface area contributed by atoms with Crippen LogP contribution in [0.4, 0.5) is 11.6 Å². The van der Waals surface area contributed by atoms with Crippen LogP contribution in [0.5, 0.6) is 5.75 Å². The predicted molar refractivity (Wildman–Crippen MR) is 116 cm³/mol. The van der Waals surface area contributed by atoms with Gasteiger partial charge in [-0.05, 0) is 54.0 Å². The predicted octanol–water partition coefficient (Wildman–Crippen LogP) is 2.81. The van der Waals surface area contributed by atoms with E-state index >= 15 is 0 Å². The van der Waals surface area contributed by atoms with Crippen molar-refractivity contribution in [2.24, 2.45) is 0 Å². The molecule has 9 nitrogen and oxygen atoms in total. The summed E-state index contributed by atoms with van der Waals surface area (Å²) in [4.78, 5) is 17.8. The summed E-state index contributed by atoms with van der Waals surface area (Å²) in [6.07, 6.45) is 7.60. The number of aromatic amines is 1. The second-order valence-electron chi connectivity index (χ2n) is 6.72. The van der Waals surface area contributed by atoms with Gasteiger partial charge in [0.25, 0.3) is 0 Å². The second-order valence-corrected chi connectivity index (χ2v) is 7.13. The molecule has 4 rings (SSSR count). The Kier molecular flexibility index (Phi) is 4.59. The van der Waals surface area contributed by atoms with Crippen molar-refractivity contribution in [2.75, 3.05) is 11.1 Å². The number of rotatable bonds is 1. The highest BCUT2D eigenvalue weighted by Crippen LogP contribution is 2.41. The second kappa shape index (κ2) is 7.12. The third kappa shape index (κ3) is 3.31. The van der Waals surface area contributed by atoms with Crippen molar-refractivity contribution in [1.29, 1.82) is 0 Å². The fourth-order valence-electron chi connectivity index (χ4n) is 3.31. The van der Waals surface area contributed by atoms with Gasteiger partial charge in [0.15, 0.2) is 0 Å². The molecule has 10 heteroatoms. The van der Waals surface area contributed by atoms with Crippen molar-refractivity contribution >= 4 is 40.2 Å². The number of aromatic nitrogens is 2. The van der Waals surface area contributed by atoms with E-state index in [2.05, 4.69) is 15.3 Å². The van der Waals surface area contributed by atoms with Crippen molar-refractivity contribution in [3.05, 3.63) is 90.7 Å². The van der Waals surface area contributed by atoms with Gasteiger partial charge in [-0.15, -0.1) is 0 Å². The molecular formula is C20H15ClN5O4-. The fourth-order valence-corrected chi connectivity index (χ4v) is 3.58. The highest BCUT2D eigenvalue weighted by molar-refractivity contribution is 6.32. The van der Waals surface area contributed by atoms with Crippen LogP contribution in [0.25, 0.3) is 11.3 Å². The third-order valence-corrected chi connectivity index (χ3v) is 4.95. The molecule has 1 aliphatic heterocycles. The fraction of sp³-hybridized carbons (Fsp3) is 0.0500. The Morgan fingerprint density at radius 2 is 1.90 bits per heavy atom. The molecule has 2 aromatic rings. The lowest BCUT2D eigenvalue weighted by Crippen LogP contribution is -2.21. The van der Waals surface area contributed by atoms with Gasteiger partial charge < -0.3 is 26.6 Å². The van der Waals surface area contributed by atoms with Crippen LogP contribution in [0.1, 0.15) is 16.7 Å². The van der Waals surface area contributed by atoms with Gasteiger partial charge in [0.05, 0.1) is 16.3 Å². The van der Waals surface area contributed by atoms with Crippen LogP contribution >= 0.6 is 11.6 Å². The highest BCUT2D eigenvalue weighted by Gasteiger charge is 2.25. The number of nitrogens with one attached hydrogen (secondary N) is 2. The zero-order valence-corrected chi connectivity index (χ0v) is 16.3. The summed E-state index contributed by atoms with van der Waals surface area (Å²) < 4.78 is 0. The molecule has 0 fully saturated rings. The first-order valence-electron chi connectivity index (χ1n) is 8.74. The van der Waals surface area contributed by atoms with E-state index in [1.807, 2.05) is 6.92 Å². The Morgan fingerprint density at radius 1 is 1.20 bits per heavy atom. The van der Waals surface area contributed by atoms with E-state index in [4.69, 9.17) is 17.3 Å². The minimum atomic E-state index is -0.644. The molecule has 1 aromatic carbocycles. The Hall–Kier alpha value is -3.98. The summed E-state index contributed by atoms with van der Waals surface area (Å²) in [5.41, 5.74) is 8.61. The molecule has 5 N–H and O–H groups in total. The molecule has 0 saturated heterocycles. The monoisotopic (exact) mass is 424 g/mol. The number of phenolic OH excluding ortho intramolecular Hbond substituents is 1. The number of fused-ring (bicyclic) bond motifs is 1. The van der Waals surface area contributed by atoms with Gasteiger partial charge >= 0.3 is 5.69 Å². The number of halogens is 1. The minimum Gasteiger partial charge on any atom is -0.612 e. The molecular weight excluding hydrogens is 410 g/mol. The van der Waals surface area contributed by atoms with Crippen molar-refractivity contribution < 1.29 is 10.0 Å². The normalized spacial score (nSPS) is 15.0. The van der Waals surface area contributed by atoms with Gasteiger partial charge in [-0.25, -0.2) is 4.79 Å². The number of H-pyrrole nitrogens is 1. The van der Waals surface area contributed by atoms with E-state index in [1.54, 1.807) is 30.4 Å². The smallest absolute Gasteiger partial charge is 0.348 e. The number of allylic oxidation sites excluding steroid dienone is 7. The van der Waals surface area contributed by atoms with Crippen molar-refractivity contribution in [3.63, 3.8) is 0 Å². The SMILES string of the molecule is Cc1cc(Cl)c(O)c(C2=CC(=C3C=CC(=[N+]([O-])[O-])C=C3)c3c(nc(=O)[nH]c3N)N2)c1. The molecule has 0 amide bonds. The summed E-state index contributed by atoms with van der Waals surface area (Å²) in [6.45, 7) is 1.83. The van der Waals surface area contributed by atoms with Gasteiger partial charge in [0, 0.05) is 17.7 Å². The molecule has 2 aliphatic rings. The van der Waals surface area contributed by atoms with Gasteiger partial charge in [-0.2, -0.15) is 9.89 Å². The number of hydrogen-bond donors (Lipinski definition) is 4. The van der Waals surface area contributed by atoms with E-state index in [-0.39, 0.29) is 28.1 Å². The maximum atomic E-state index is 11.9. The quantitative estimate of drug-likeness (QED) is 0.405. The van der Waals surface area contributed by atoms with Gasteiger partial charge in [0.1, 0.15) is 17.4 Å². The zero-order chi connectivity index (χ0) is 21.6. The molecule has 0 radical (unpaired) electrons. The molecule has 2 heterocycles. The van der Waals surface area contributed by atoms with Crippen molar-refractivity contribution in [2.45, 2.75) is 6.92 Å². The van der Waals surface area contributed by atoms with Crippen LogP contribution in [0.3, 0.4) is 0 Å². The van der Waals surface area contributed by atoms with Gasteiger partial charge in [0.2, 0.25) is 5.71 Å². The zero-order valence-electron chi connectivity index (χ0n) is 15.6. The average Bonchev–Trinajstić information content (AvgIpc) is 2.69. The first-order valence-corrected chi connectivity index (χ1v) is 9.12. The van der Waals surface area contributed by atoms with E-state index in [1.165, 1.54) is 12.2 Å². The summed E-state index contributed by atoms with van der Waals surface area (Å²) >= 11 is 6.12. The maximum Gasteiger partial charge on any atom is 0.348 e. The topological polar surface area (TPSA) is 153 Å². The standard InChI is InChI=1S/C20H15ClN5O4/c1-9-6-13(17(27)14(21)7-9)15-8-12(10-2-4-11(5-3-10)26(29)30)16-18(22)24-20(28)25-19(16)23-15/h2-8H,1H3,(H5-,22,23,24,25,27,28,29,30)/q-1. The number of nitrogens with zero attached hydrogens (tertiary/aromatic N) is 2. The number of aromatic hydroxyl groups is 1. The first-order chi connectivity index (χ1) is 14.2. The third-order valence-electron chi connectivity index (χ3n) is 4.66. The Labute approximate surface area is 175 Å². The Balaban J connectivity index is 1.98. The molecule has 1 aromatic heterocycles. The number of nitrogens with two attached hydrogens (primary N) is 1. The van der Waals surface area contributed by atoms with E-state index in [0.29, 0.717) is 28.0 Å². The van der Waals surface area contributed by atoms with E-state index < -0.39 is 10.6 Å². The maximum absolute atomic E-state index is 11.9. The van der Waals surface area contributed by atoms with Crippen LogP contribution in [-0.2, 0) is 0 Å². The number of benzene rings is 1. The van der Waals surface area contributed by atoms with Gasteiger partial charge in [-0.1, -0.05) is 11.6 Å². The number of nitrogen functional groups attached to an aromatic ring is 1. The van der Waals surface area contributed by atoms with Crippen molar-refractivity contribution in [3.8, 4) is 5.75 Å². The molecule has 1 aliphatic carbocycles. The van der Waals surface area contributed by atoms with Crippen LogP contribution in [0.2, 0.25) is 5.02 Å². The lowest BCUT2D eigenvalue weighted by atomic mass is 9.92. The number of aryl methyl sites for hydroxylation is 1. The Bertz CT molecular complexity index is 1280.